The van der Waals surface area contributed by atoms with Crippen LogP contribution in [0.1, 0.15) is 48.0 Å². The Morgan fingerprint density at radius 3 is 2.50 bits per heavy atom. The topological polar surface area (TPSA) is 67.5 Å². The van der Waals surface area contributed by atoms with Crippen molar-refractivity contribution in [3.8, 4) is 11.3 Å². The van der Waals surface area contributed by atoms with E-state index in [4.69, 9.17) is 0 Å². The number of aliphatic hydroxyl groups excluding tert-OH is 1. The third-order valence-electron chi connectivity index (χ3n) is 5.23. The number of fused-ring (bicyclic) bond motifs is 1. The highest BCUT2D eigenvalue weighted by atomic mass is 16.3. The van der Waals surface area contributed by atoms with E-state index < -0.39 is 0 Å². The number of carbonyl (C=O) groups is 1. The second-order valence-electron chi connectivity index (χ2n) is 8.52. The summed E-state index contributed by atoms with van der Waals surface area (Å²) in [6.07, 6.45) is 1.90. The average Bonchev–Trinajstić information content (AvgIpc) is 3.21. The van der Waals surface area contributed by atoms with Gasteiger partial charge in [0.15, 0.2) is 11.4 Å². The van der Waals surface area contributed by atoms with Crippen molar-refractivity contribution in [1.82, 2.24) is 14.6 Å². The molecule has 4 rings (SSSR count). The number of aromatic nitrogens is 3. The Morgan fingerprint density at radius 2 is 1.80 bits per heavy atom. The van der Waals surface area contributed by atoms with E-state index >= 15 is 0 Å². The van der Waals surface area contributed by atoms with Crippen LogP contribution in [0.15, 0.2) is 66.9 Å². The number of aliphatic hydroxyl groups is 1. The van der Waals surface area contributed by atoms with Gasteiger partial charge in [0.2, 0.25) is 0 Å². The molecular formula is C25H25N3O2. The molecule has 0 fully saturated rings. The van der Waals surface area contributed by atoms with Gasteiger partial charge in [-0.3, -0.25) is 4.79 Å². The van der Waals surface area contributed by atoms with Crippen molar-refractivity contribution >= 4 is 11.4 Å². The van der Waals surface area contributed by atoms with Crippen molar-refractivity contribution in [3.63, 3.8) is 0 Å². The first kappa shape index (κ1) is 20.0. The molecule has 4 aromatic rings. The Morgan fingerprint density at radius 1 is 1.03 bits per heavy atom. The first-order valence-electron chi connectivity index (χ1n) is 10.0. The summed E-state index contributed by atoms with van der Waals surface area (Å²) < 4.78 is 1.75. The molecule has 2 heterocycles. The molecule has 0 aliphatic carbocycles. The number of rotatable bonds is 5. The van der Waals surface area contributed by atoms with Crippen LogP contribution < -0.4 is 0 Å². The summed E-state index contributed by atoms with van der Waals surface area (Å²) in [7, 11) is 0. The summed E-state index contributed by atoms with van der Waals surface area (Å²) >= 11 is 0. The van der Waals surface area contributed by atoms with Gasteiger partial charge in [-0.15, -0.1) is 0 Å². The van der Waals surface area contributed by atoms with E-state index in [-0.39, 0.29) is 24.2 Å². The van der Waals surface area contributed by atoms with Gasteiger partial charge in [-0.05, 0) is 28.7 Å². The Kier molecular flexibility index (Phi) is 5.22. The zero-order valence-corrected chi connectivity index (χ0v) is 17.5. The SMILES string of the molecule is CC(C)(C)c1ccc(C(=O)Cc2cc(-c3cccc(CO)c3)n3nccc3n2)cc1. The lowest BCUT2D eigenvalue weighted by Gasteiger charge is -2.19. The fraction of sp³-hybridized carbons (Fsp3) is 0.240. The first-order chi connectivity index (χ1) is 14.3. The zero-order chi connectivity index (χ0) is 21.3. The Hall–Kier alpha value is -3.31. The van der Waals surface area contributed by atoms with Crippen LogP contribution in [0.4, 0.5) is 0 Å². The summed E-state index contributed by atoms with van der Waals surface area (Å²) in [6.45, 7) is 6.43. The van der Waals surface area contributed by atoms with Crippen molar-refractivity contribution in [2.45, 2.75) is 39.2 Å². The highest BCUT2D eigenvalue weighted by molar-refractivity contribution is 5.97. The van der Waals surface area contributed by atoms with Crippen LogP contribution in [0.25, 0.3) is 16.9 Å². The predicted molar refractivity (Wildman–Crippen MR) is 118 cm³/mol. The van der Waals surface area contributed by atoms with Crippen molar-refractivity contribution in [2.24, 2.45) is 0 Å². The summed E-state index contributed by atoms with van der Waals surface area (Å²) in [6, 6.07) is 19.2. The largest absolute Gasteiger partial charge is 0.392 e. The highest BCUT2D eigenvalue weighted by Gasteiger charge is 2.16. The molecule has 0 saturated heterocycles. The van der Waals surface area contributed by atoms with Crippen LogP contribution in [0.2, 0.25) is 0 Å². The second kappa shape index (κ2) is 7.84. The molecular weight excluding hydrogens is 374 g/mol. The minimum Gasteiger partial charge on any atom is -0.392 e. The van der Waals surface area contributed by atoms with E-state index in [9.17, 15) is 9.90 Å². The Bertz CT molecular complexity index is 1200. The summed E-state index contributed by atoms with van der Waals surface area (Å²) in [4.78, 5) is 17.5. The number of Topliss-reactive ketones (excluding diaryl/α,β-unsaturated/α-hetero) is 1. The molecule has 0 aliphatic rings. The number of nitrogens with zero attached hydrogens (tertiary/aromatic N) is 3. The van der Waals surface area contributed by atoms with Crippen LogP contribution in [0.3, 0.4) is 0 Å². The van der Waals surface area contributed by atoms with Gasteiger partial charge >= 0.3 is 0 Å². The van der Waals surface area contributed by atoms with E-state index in [1.165, 1.54) is 5.56 Å². The molecule has 1 N–H and O–H groups in total. The molecule has 2 aromatic heterocycles. The van der Waals surface area contributed by atoms with Gasteiger partial charge in [0.05, 0.1) is 30.6 Å². The Labute approximate surface area is 176 Å². The molecule has 5 heteroatoms. The van der Waals surface area contributed by atoms with E-state index in [0.29, 0.717) is 16.9 Å². The van der Waals surface area contributed by atoms with Gasteiger partial charge in [0.25, 0.3) is 0 Å². The second-order valence-corrected chi connectivity index (χ2v) is 8.52. The molecule has 0 radical (unpaired) electrons. The quantitative estimate of drug-likeness (QED) is 0.498. The van der Waals surface area contributed by atoms with Gasteiger partial charge in [-0.1, -0.05) is 63.2 Å². The standard InChI is InChI=1S/C25H25N3O2/c1-25(2,3)20-9-7-18(8-10-20)23(30)15-21-14-22(28-24(27-21)11-12-26-28)19-6-4-5-17(13-19)16-29/h4-14,29H,15-16H2,1-3H3. The molecule has 0 atom stereocenters. The third-order valence-corrected chi connectivity index (χ3v) is 5.23. The number of ketones is 1. The third kappa shape index (κ3) is 4.02. The van der Waals surface area contributed by atoms with Crippen molar-refractivity contribution < 1.29 is 9.90 Å². The van der Waals surface area contributed by atoms with E-state index in [1.807, 2.05) is 60.7 Å². The van der Waals surface area contributed by atoms with Crippen LogP contribution in [-0.2, 0) is 18.4 Å². The van der Waals surface area contributed by atoms with E-state index in [1.54, 1.807) is 10.7 Å². The molecule has 0 aliphatic heterocycles. The van der Waals surface area contributed by atoms with Gasteiger partial charge in [-0.2, -0.15) is 5.10 Å². The van der Waals surface area contributed by atoms with Crippen molar-refractivity contribution in [1.29, 1.82) is 0 Å². The molecule has 0 unspecified atom stereocenters. The van der Waals surface area contributed by atoms with Gasteiger partial charge in [0.1, 0.15) is 0 Å². The minimum atomic E-state index is -0.0307. The fourth-order valence-electron chi connectivity index (χ4n) is 3.51. The summed E-state index contributed by atoms with van der Waals surface area (Å²) in [5.41, 5.74) is 5.89. The molecule has 0 bridgehead atoms. The summed E-state index contributed by atoms with van der Waals surface area (Å²) in [5.74, 6) is 0.0295. The first-order valence-corrected chi connectivity index (χ1v) is 10.0. The zero-order valence-electron chi connectivity index (χ0n) is 17.5. The smallest absolute Gasteiger partial charge is 0.168 e. The average molecular weight is 399 g/mol. The number of carbonyl (C=O) groups excluding carboxylic acids is 1. The van der Waals surface area contributed by atoms with E-state index in [2.05, 4.69) is 30.9 Å². The maximum absolute atomic E-state index is 12.9. The van der Waals surface area contributed by atoms with Crippen LogP contribution in [-0.4, -0.2) is 25.5 Å². The lowest BCUT2D eigenvalue weighted by molar-refractivity contribution is 0.0992. The van der Waals surface area contributed by atoms with Crippen LogP contribution in [0.5, 0.6) is 0 Å². The number of benzene rings is 2. The lowest BCUT2D eigenvalue weighted by Crippen LogP contribution is -2.12. The maximum atomic E-state index is 12.9. The molecule has 5 nitrogen and oxygen atoms in total. The van der Waals surface area contributed by atoms with Gasteiger partial charge in [0, 0.05) is 17.2 Å². The number of hydrogen-bond donors (Lipinski definition) is 1. The Balaban J connectivity index is 1.67. The lowest BCUT2D eigenvalue weighted by atomic mass is 9.86. The molecule has 0 spiro atoms. The molecule has 0 amide bonds. The normalized spacial score (nSPS) is 11.7. The molecule has 0 saturated carbocycles. The van der Waals surface area contributed by atoms with Crippen molar-refractivity contribution in [3.05, 3.63) is 89.2 Å². The van der Waals surface area contributed by atoms with Gasteiger partial charge in [-0.25, -0.2) is 9.50 Å². The van der Waals surface area contributed by atoms with Crippen LogP contribution in [0, 0.1) is 0 Å². The molecule has 30 heavy (non-hydrogen) atoms. The van der Waals surface area contributed by atoms with Crippen molar-refractivity contribution in [2.75, 3.05) is 0 Å². The number of hydrogen-bond acceptors (Lipinski definition) is 4. The monoisotopic (exact) mass is 399 g/mol. The fourth-order valence-corrected chi connectivity index (χ4v) is 3.51. The van der Waals surface area contributed by atoms with Gasteiger partial charge < -0.3 is 5.11 Å². The maximum Gasteiger partial charge on any atom is 0.168 e. The van der Waals surface area contributed by atoms with E-state index in [0.717, 1.165) is 16.8 Å². The summed E-state index contributed by atoms with van der Waals surface area (Å²) in [5, 5.41) is 13.8. The highest BCUT2D eigenvalue weighted by Crippen LogP contribution is 2.24. The predicted octanol–water partition coefficient (Wildman–Crippen LogP) is 4.61. The molecule has 152 valence electrons. The molecule has 2 aromatic carbocycles. The minimum absolute atomic E-state index is 0.0295. The van der Waals surface area contributed by atoms with Crippen LogP contribution >= 0.6 is 0 Å².